The highest BCUT2D eigenvalue weighted by atomic mass is 32.2. The van der Waals surface area contributed by atoms with Gasteiger partial charge in [0.2, 0.25) is 0 Å². The molecule has 1 fully saturated rings. The first-order valence-electron chi connectivity index (χ1n) is 7.64. The van der Waals surface area contributed by atoms with Gasteiger partial charge in [0.05, 0.1) is 5.75 Å². The van der Waals surface area contributed by atoms with E-state index in [9.17, 15) is 8.42 Å². The molecule has 0 bridgehead atoms. The van der Waals surface area contributed by atoms with E-state index in [1.54, 1.807) is 0 Å². The number of hydrogen-bond donors (Lipinski definition) is 1. The third-order valence-corrected chi connectivity index (χ3v) is 5.93. The molecule has 1 heterocycles. The van der Waals surface area contributed by atoms with Crippen molar-refractivity contribution in [1.82, 2.24) is 10.2 Å². The number of likely N-dealkylation sites (tertiary alicyclic amines) is 1. The highest BCUT2D eigenvalue weighted by molar-refractivity contribution is 7.91. The second kappa shape index (κ2) is 8.22. The van der Waals surface area contributed by atoms with E-state index in [0.29, 0.717) is 24.1 Å². The lowest BCUT2D eigenvalue weighted by atomic mass is 9.90. The first kappa shape index (κ1) is 16.9. The molecule has 0 spiro atoms. The third-order valence-electron chi connectivity index (χ3n) is 4.10. The summed E-state index contributed by atoms with van der Waals surface area (Å²) >= 11 is 0. The van der Waals surface area contributed by atoms with Gasteiger partial charge in [0.15, 0.2) is 9.84 Å². The molecule has 1 aliphatic rings. The third kappa shape index (κ3) is 6.23. The van der Waals surface area contributed by atoms with Crippen molar-refractivity contribution >= 4 is 9.84 Å². The molecule has 19 heavy (non-hydrogen) atoms. The summed E-state index contributed by atoms with van der Waals surface area (Å²) in [6, 6.07) is 0.580. The van der Waals surface area contributed by atoms with Crippen LogP contribution in [0.4, 0.5) is 0 Å². The van der Waals surface area contributed by atoms with Crippen molar-refractivity contribution in [3.05, 3.63) is 0 Å². The maximum Gasteiger partial charge on any atom is 0.151 e. The Hall–Kier alpha value is -0.130. The minimum Gasteiger partial charge on any atom is -0.314 e. The Kier molecular flexibility index (Phi) is 7.32. The van der Waals surface area contributed by atoms with E-state index in [1.807, 2.05) is 6.92 Å². The molecule has 1 rings (SSSR count). The van der Waals surface area contributed by atoms with E-state index < -0.39 is 9.84 Å². The lowest BCUT2D eigenvalue weighted by Gasteiger charge is -2.35. The Balaban J connectivity index is 2.27. The van der Waals surface area contributed by atoms with Gasteiger partial charge in [-0.2, -0.15) is 0 Å². The number of nitrogens with zero attached hydrogens (tertiary/aromatic N) is 1. The maximum atomic E-state index is 11.7. The first-order valence-corrected chi connectivity index (χ1v) is 9.46. The summed E-state index contributed by atoms with van der Waals surface area (Å²) in [6.45, 7) is 10.1. The van der Waals surface area contributed by atoms with Crippen molar-refractivity contribution in [2.24, 2.45) is 5.92 Å². The predicted octanol–water partition coefficient (Wildman–Crippen LogP) is 1.52. The summed E-state index contributed by atoms with van der Waals surface area (Å²) in [5.41, 5.74) is 0. The van der Waals surface area contributed by atoms with Gasteiger partial charge in [0, 0.05) is 18.3 Å². The van der Waals surface area contributed by atoms with Crippen LogP contribution < -0.4 is 5.32 Å². The fourth-order valence-electron chi connectivity index (χ4n) is 2.85. The standard InChI is InChI=1S/C14H30N2O2S/c1-4-11-19(17,18)12-10-16-8-6-14(7-9-16)13(3)15-5-2/h13-15H,4-12H2,1-3H3. The molecule has 1 unspecified atom stereocenters. The topological polar surface area (TPSA) is 49.4 Å². The maximum absolute atomic E-state index is 11.7. The van der Waals surface area contributed by atoms with Gasteiger partial charge in [-0.15, -0.1) is 0 Å². The summed E-state index contributed by atoms with van der Waals surface area (Å²) < 4.78 is 23.4. The van der Waals surface area contributed by atoms with Crippen molar-refractivity contribution in [1.29, 1.82) is 0 Å². The minimum absolute atomic E-state index is 0.328. The Morgan fingerprint density at radius 1 is 1.21 bits per heavy atom. The average molecular weight is 290 g/mol. The molecule has 0 aromatic carbocycles. The molecular formula is C14H30N2O2S. The second-order valence-corrected chi connectivity index (χ2v) is 7.98. The Morgan fingerprint density at radius 2 is 1.84 bits per heavy atom. The van der Waals surface area contributed by atoms with Gasteiger partial charge in [0.25, 0.3) is 0 Å². The Labute approximate surface area is 118 Å². The molecule has 1 N–H and O–H groups in total. The van der Waals surface area contributed by atoms with Crippen molar-refractivity contribution in [3.8, 4) is 0 Å². The van der Waals surface area contributed by atoms with Crippen LogP contribution >= 0.6 is 0 Å². The quantitative estimate of drug-likeness (QED) is 0.736. The molecular weight excluding hydrogens is 260 g/mol. The largest absolute Gasteiger partial charge is 0.314 e. The van der Waals surface area contributed by atoms with Gasteiger partial charge < -0.3 is 10.2 Å². The van der Waals surface area contributed by atoms with Crippen molar-refractivity contribution in [3.63, 3.8) is 0 Å². The van der Waals surface area contributed by atoms with Crippen molar-refractivity contribution in [2.75, 3.05) is 37.7 Å². The van der Waals surface area contributed by atoms with Gasteiger partial charge in [-0.25, -0.2) is 8.42 Å². The van der Waals surface area contributed by atoms with Crippen LogP contribution in [0.3, 0.4) is 0 Å². The SMILES string of the molecule is CCCS(=O)(=O)CCN1CCC(C(C)NCC)CC1. The van der Waals surface area contributed by atoms with E-state index >= 15 is 0 Å². The smallest absolute Gasteiger partial charge is 0.151 e. The fourth-order valence-corrected chi connectivity index (χ4v) is 4.21. The van der Waals surface area contributed by atoms with Crippen molar-refractivity contribution < 1.29 is 8.42 Å². The predicted molar refractivity (Wildman–Crippen MR) is 81.2 cm³/mol. The zero-order chi connectivity index (χ0) is 14.3. The number of piperidine rings is 1. The fraction of sp³-hybridized carbons (Fsp3) is 1.00. The Morgan fingerprint density at radius 3 is 2.37 bits per heavy atom. The van der Waals surface area contributed by atoms with Crippen LogP contribution in [0.25, 0.3) is 0 Å². The van der Waals surface area contributed by atoms with Crippen LogP contribution in [-0.2, 0) is 9.84 Å². The average Bonchev–Trinajstić information content (AvgIpc) is 2.37. The van der Waals surface area contributed by atoms with Crippen molar-refractivity contribution in [2.45, 2.75) is 46.1 Å². The molecule has 114 valence electrons. The molecule has 0 saturated carbocycles. The monoisotopic (exact) mass is 290 g/mol. The highest BCUT2D eigenvalue weighted by Crippen LogP contribution is 2.20. The number of sulfone groups is 1. The van der Waals surface area contributed by atoms with E-state index in [1.165, 1.54) is 12.8 Å². The number of nitrogens with one attached hydrogen (secondary N) is 1. The van der Waals surface area contributed by atoms with E-state index in [2.05, 4.69) is 24.1 Å². The summed E-state index contributed by atoms with van der Waals surface area (Å²) in [4.78, 5) is 2.31. The zero-order valence-electron chi connectivity index (χ0n) is 12.7. The molecule has 1 aliphatic heterocycles. The molecule has 1 atom stereocenters. The molecule has 0 aromatic heterocycles. The van der Waals surface area contributed by atoms with Crippen LogP contribution in [0.5, 0.6) is 0 Å². The van der Waals surface area contributed by atoms with Crippen LogP contribution in [0.2, 0.25) is 0 Å². The molecule has 5 heteroatoms. The van der Waals surface area contributed by atoms with E-state index in [0.717, 1.165) is 32.0 Å². The first-order chi connectivity index (χ1) is 8.98. The van der Waals surface area contributed by atoms with Crippen LogP contribution in [0, 0.1) is 5.92 Å². The highest BCUT2D eigenvalue weighted by Gasteiger charge is 2.24. The molecule has 0 aliphatic carbocycles. The number of rotatable bonds is 8. The molecule has 4 nitrogen and oxygen atoms in total. The van der Waals surface area contributed by atoms with Gasteiger partial charge >= 0.3 is 0 Å². The van der Waals surface area contributed by atoms with Crippen LogP contribution in [-0.4, -0.2) is 57.0 Å². The summed E-state index contributed by atoms with van der Waals surface area (Å²) in [5, 5.41) is 3.49. The van der Waals surface area contributed by atoms with E-state index in [-0.39, 0.29) is 0 Å². The van der Waals surface area contributed by atoms with Gasteiger partial charge in [0.1, 0.15) is 0 Å². The second-order valence-electron chi connectivity index (χ2n) is 5.68. The summed E-state index contributed by atoms with van der Waals surface area (Å²) in [5.74, 6) is 1.40. The zero-order valence-corrected chi connectivity index (χ0v) is 13.5. The molecule has 0 aromatic rings. The van der Waals surface area contributed by atoms with Gasteiger partial charge in [-0.3, -0.25) is 0 Å². The lowest BCUT2D eigenvalue weighted by Crippen LogP contribution is -2.43. The Bertz CT molecular complexity index is 335. The lowest BCUT2D eigenvalue weighted by molar-refractivity contribution is 0.170. The minimum atomic E-state index is -2.82. The van der Waals surface area contributed by atoms with Crippen LogP contribution in [0.1, 0.15) is 40.0 Å². The summed E-state index contributed by atoms with van der Waals surface area (Å²) in [7, 11) is -2.82. The molecule has 0 radical (unpaired) electrons. The normalized spacial score (nSPS) is 20.6. The summed E-state index contributed by atoms with van der Waals surface area (Å²) in [6.07, 6.45) is 3.09. The van der Waals surface area contributed by atoms with Crippen LogP contribution in [0.15, 0.2) is 0 Å². The molecule has 0 amide bonds. The molecule has 1 saturated heterocycles. The van der Waals surface area contributed by atoms with E-state index in [4.69, 9.17) is 0 Å². The van der Waals surface area contributed by atoms with Gasteiger partial charge in [-0.05, 0) is 51.7 Å². The van der Waals surface area contributed by atoms with Gasteiger partial charge in [-0.1, -0.05) is 13.8 Å². The number of hydrogen-bond acceptors (Lipinski definition) is 4.